The number of ether oxygens (including phenoxy) is 2. The highest BCUT2D eigenvalue weighted by atomic mass is 19.1. The number of amides is 2. The molecular formula is C28H23BF2N2O6. The molecule has 11 heteroatoms. The first-order valence-corrected chi connectivity index (χ1v) is 11.8. The fraction of sp³-hybridized carbons (Fsp3) is 0.0714. The average molecular weight is 532 g/mol. The van der Waals surface area contributed by atoms with Crippen molar-refractivity contribution >= 4 is 31.2 Å². The summed E-state index contributed by atoms with van der Waals surface area (Å²) in [4.78, 5) is 23.9. The number of halogens is 2. The van der Waals surface area contributed by atoms with Crippen molar-refractivity contribution in [2.75, 3.05) is 10.6 Å². The van der Waals surface area contributed by atoms with E-state index in [4.69, 9.17) is 18.8 Å². The van der Waals surface area contributed by atoms with E-state index in [1.807, 2.05) is 36.4 Å². The van der Waals surface area contributed by atoms with Gasteiger partial charge in [-0.05, 0) is 35.4 Å². The normalized spacial score (nSPS) is 10.2. The third-order valence-electron chi connectivity index (χ3n) is 5.23. The minimum absolute atomic E-state index is 0.0445. The predicted octanol–water partition coefficient (Wildman–Crippen LogP) is 6.19. The predicted molar refractivity (Wildman–Crippen MR) is 142 cm³/mol. The number of carbonyl (C=O) groups excluding carboxylic acids is 2. The van der Waals surface area contributed by atoms with Gasteiger partial charge in [0.15, 0.2) is 0 Å². The first kappa shape index (κ1) is 27.0. The van der Waals surface area contributed by atoms with Crippen molar-refractivity contribution in [1.82, 2.24) is 0 Å². The monoisotopic (exact) mass is 532 g/mol. The first-order chi connectivity index (χ1) is 19.0. The number of carbonyl (C=O) groups is 2. The average Bonchev–Trinajstić information content (AvgIpc) is 2.95. The smallest absolute Gasteiger partial charge is 0.528 e. The molecule has 0 bridgehead atoms. The Morgan fingerprint density at radius 2 is 1.03 bits per heavy atom. The summed E-state index contributed by atoms with van der Waals surface area (Å²) in [5, 5.41) is 4.65. The molecule has 2 N–H and O–H groups in total. The van der Waals surface area contributed by atoms with Gasteiger partial charge in [0.05, 0.1) is 11.4 Å². The second kappa shape index (κ2) is 13.5. The van der Waals surface area contributed by atoms with E-state index in [1.165, 1.54) is 24.3 Å². The molecule has 0 saturated carbocycles. The van der Waals surface area contributed by atoms with Crippen LogP contribution in [0, 0.1) is 11.6 Å². The third kappa shape index (κ3) is 8.49. The quantitative estimate of drug-likeness (QED) is 0.237. The van der Waals surface area contributed by atoms with Crippen LogP contribution in [0.5, 0.6) is 11.5 Å². The Hall–Kier alpha value is -5.06. The van der Waals surface area contributed by atoms with E-state index < -0.39 is 23.8 Å². The van der Waals surface area contributed by atoms with Crippen molar-refractivity contribution in [3.63, 3.8) is 0 Å². The van der Waals surface area contributed by atoms with E-state index in [1.54, 1.807) is 24.3 Å². The number of hydrogen-bond donors (Lipinski definition) is 2. The van der Waals surface area contributed by atoms with Gasteiger partial charge in [-0.25, -0.2) is 18.4 Å². The summed E-state index contributed by atoms with van der Waals surface area (Å²) >= 11 is 0. The van der Waals surface area contributed by atoms with Gasteiger partial charge in [-0.3, -0.25) is 10.6 Å². The summed E-state index contributed by atoms with van der Waals surface area (Å²) in [6, 6.07) is 25.7. The number of nitrogens with one attached hydrogen (secondary N) is 2. The molecule has 4 rings (SSSR count). The van der Waals surface area contributed by atoms with Crippen molar-refractivity contribution in [2.45, 2.75) is 13.2 Å². The maximum absolute atomic E-state index is 14.4. The van der Waals surface area contributed by atoms with Gasteiger partial charge in [0.1, 0.15) is 36.3 Å². The third-order valence-corrected chi connectivity index (χ3v) is 5.23. The van der Waals surface area contributed by atoms with Gasteiger partial charge in [-0.2, -0.15) is 0 Å². The first-order valence-electron chi connectivity index (χ1n) is 11.8. The molecule has 4 aromatic carbocycles. The van der Waals surface area contributed by atoms with Crippen LogP contribution in [0.15, 0.2) is 97.1 Å². The maximum Gasteiger partial charge on any atom is 0.576 e. The van der Waals surface area contributed by atoms with Crippen LogP contribution in [-0.4, -0.2) is 19.9 Å². The van der Waals surface area contributed by atoms with E-state index in [-0.39, 0.29) is 43.8 Å². The minimum Gasteiger partial charge on any atom is -0.528 e. The summed E-state index contributed by atoms with van der Waals surface area (Å²) in [6.07, 6.45) is -1.61. The SMILES string of the molecule is O=C(Nc1ccc(OBOc2ccc(NC(=O)OCc3ccccc3)c(F)c2)cc1F)OCc1ccccc1. The lowest BCUT2D eigenvalue weighted by Gasteiger charge is -2.12. The van der Waals surface area contributed by atoms with Gasteiger partial charge >= 0.3 is 19.9 Å². The lowest BCUT2D eigenvalue weighted by Crippen LogP contribution is -2.15. The fourth-order valence-electron chi connectivity index (χ4n) is 3.28. The maximum atomic E-state index is 14.4. The molecule has 39 heavy (non-hydrogen) atoms. The zero-order valence-electron chi connectivity index (χ0n) is 20.6. The van der Waals surface area contributed by atoms with Crippen molar-refractivity contribution in [2.24, 2.45) is 0 Å². The molecule has 2 amide bonds. The molecule has 8 nitrogen and oxygen atoms in total. The van der Waals surface area contributed by atoms with E-state index in [9.17, 15) is 18.4 Å². The topological polar surface area (TPSA) is 95.1 Å². The van der Waals surface area contributed by atoms with Crippen LogP contribution in [0.3, 0.4) is 0 Å². The van der Waals surface area contributed by atoms with E-state index in [0.29, 0.717) is 0 Å². The Morgan fingerprint density at radius 3 is 1.41 bits per heavy atom. The Bertz CT molecular complexity index is 1300. The van der Waals surface area contributed by atoms with Gasteiger partial charge in [0.2, 0.25) is 0 Å². The van der Waals surface area contributed by atoms with Crippen molar-refractivity contribution in [3.8, 4) is 11.5 Å². The van der Waals surface area contributed by atoms with E-state index in [2.05, 4.69) is 10.6 Å². The molecule has 0 saturated heterocycles. The molecule has 0 spiro atoms. The number of anilines is 2. The fourth-order valence-corrected chi connectivity index (χ4v) is 3.28. The van der Waals surface area contributed by atoms with Gasteiger partial charge < -0.3 is 18.8 Å². The van der Waals surface area contributed by atoms with Gasteiger partial charge in [0, 0.05) is 12.1 Å². The summed E-state index contributed by atoms with van der Waals surface area (Å²) in [6.45, 7) is 0.0889. The molecular weight excluding hydrogens is 509 g/mol. The molecule has 0 radical (unpaired) electrons. The molecule has 0 heterocycles. The second-order valence-corrected chi connectivity index (χ2v) is 8.06. The summed E-state index contributed by atoms with van der Waals surface area (Å²) in [5.74, 6) is -1.25. The summed E-state index contributed by atoms with van der Waals surface area (Å²) in [5.41, 5.74) is 1.41. The van der Waals surface area contributed by atoms with Gasteiger partial charge in [-0.1, -0.05) is 60.7 Å². The largest absolute Gasteiger partial charge is 0.576 e. The molecule has 0 unspecified atom stereocenters. The molecule has 0 aliphatic rings. The van der Waals surface area contributed by atoms with Crippen LogP contribution >= 0.6 is 0 Å². The number of benzene rings is 4. The number of rotatable bonds is 10. The molecule has 0 atom stereocenters. The highest BCUT2D eigenvalue weighted by molar-refractivity contribution is 6.20. The summed E-state index contributed by atoms with van der Waals surface area (Å²) in [7, 11) is -0.351. The molecule has 0 aliphatic carbocycles. The van der Waals surface area contributed by atoms with Crippen LogP contribution in [0.4, 0.5) is 29.7 Å². The second-order valence-electron chi connectivity index (χ2n) is 8.06. The molecule has 0 aromatic heterocycles. The molecule has 4 aromatic rings. The Kier molecular flexibility index (Phi) is 9.33. The summed E-state index contributed by atoms with van der Waals surface area (Å²) < 4.78 is 49.6. The lowest BCUT2D eigenvalue weighted by atomic mass is 10.2. The van der Waals surface area contributed by atoms with Crippen LogP contribution < -0.4 is 19.9 Å². The van der Waals surface area contributed by atoms with Gasteiger partial charge in [0.25, 0.3) is 0 Å². The number of hydrogen-bond acceptors (Lipinski definition) is 6. The van der Waals surface area contributed by atoms with Crippen LogP contribution in [0.25, 0.3) is 0 Å². The van der Waals surface area contributed by atoms with Crippen molar-refractivity contribution in [1.29, 1.82) is 0 Å². The van der Waals surface area contributed by atoms with Gasteiger partial charge in [-0.15, -0.1) is 0 Å². The van der Waals surface area contributed by atoms with Crippen LogP contribution in [0.2, 0.25) is 0 Å². The van der Waals surface area contributed by atoms with Crippen LogP contribution in [0.1, 0.15) is 11.1 Å². The van der Waals surface area contributed by atoms with E-state index >= 15 is 0 Å². The standard InChI is InChI=1S/C28H23BF2N2O6/c30-23-15-21(11-13-25(23)32-27(34)36-17-19-7-3-1-4-8-19)38-29-39-22-12-14-26(24(31)16-22)33-28(35)37-18-20-9-5-2-6-10-20/h1-16,29H,17-18H2,(H,32,34)(H,33,35). The Balaban J connectivity index is 1.21. The zero-order valence-corrected chi connectivity index (χ0v) is 20.6. The Morgan fingerprint density at radius 1 is 0.615 bits per heavy atom. The molecule has 0 aliphatic heterocycles. The van der Waals surface area contributed by atoms with Crippen molar-refractivity contribution < 1.29 is 37.2 Å². The van der Waals surface area contributed by atoms with Crippen molar-refractivity contribution in [3.05, 3.63) is 120 Å². The lowest BCUT2D eigenvalue weighted by molar-refractivity contribution is 0.154. The van der Waals surface area contributed by atoms with Crippen LogP contribution in [-0.2, 0) is 22.7 Å². The zero-order chi connectivity index (χ0) is 27.5. The minimum atomic E-state index is -0.806. The Labute approximate surface area is 223 Å². The van der Waals surface area contributed by atoms with E-state index in [0.717, 1.165) is 23.3 Å². The molecule has 0 fully saturated rings. The molecule has 198 valence electrons. The highest BCUT2D eigenvalue weighted by Crippen LogP contribution is 2.23. The highest BCUT2D eigenvalue weighted by Gasteiger charge is 2.12.